The highest BCUT2D eigenvalue weighted by Gasteiger charge is 2.20. The zero-order valence-corrected chi connectivity index (χ0v) is 18.4. The molecule has 22 heavy (non-hydrogen) atoms. The normalized spacial score (nSPS) is 12.0. The lowest BCUT2D eigenvalue weighted by atomic mass is 10.0. The predicted molar refractivity (Wildman–Crippen MR) is 110 cm³/mol. The Kier molecular flexibility index (Phi) is 17.5. The van der Waals surface area contributed by atoms with Crippen molar-refractivity contribution in [3.05, 3.63) is 0 Å². The van der Waals surface area contributed by atoms with Crippen LogP contribution in [0, 0.1) is 0 Å². The highest BCUT2D eigenvalue weighted by atomic mass is 79.9. The van der Waals surface area contributed by atoms with Gasteiger partial charge >= 0.3 is 0 Å². The number of unbranched alkanes of at least 4 members (excludes halogenated alkanes) is 13. The van der Waals surface area contributed by atoms with Gasteiger partial charge in [0.2, 0.25) is 0 Å². The van der Waals surface area contributed by atoms with Gasteiger partial charge in [0.05, 0.1) is 3.23 Å². The molecule has 0 aromatic heterocycles. The lowest BCUT2D eigenvalue weighted by Gasteiger charge is -2.20. The summed E-state index contributed by atoms with van der Waals surface area (Å²) in [6.07, 6.45) is 23.7. The van der Waals surface area contributed by atoms with Crippen LogP contribution in [-0.2, 0) is 0 Å². The molecule has 2 heteroatoms. The van der Waals surface area contributed by atoms with Gasteiger partial charge < -0.3 is 0 Å². The number of rotatable bonds is 17. The molecule has 0 atom stereocenters. The first-order chi connectivity index (χ1) is 10.6. The van der Waals surface area contributed by atoms with E-state index in [1.165, 1.54) is 109 Å². The molecule has 0 amide bonds. The Bertz CT molecular complexity index is 214. The van der Waals surface area contributed by atoms with Gasteiger partial charge in [-0.2, -0.15) is 0 Å². The number of hydrogen-bond donors (Lipinski definition) is 0. The standard InChI is InChI=1S/C20H40Br2/c1-3-5-7-9-11-13-15-17-19-20(21,22)18-16-14-12-10-8-6-4-2/h3-19H2,1-2H3. The van der Waals surface area contributed by atoms with Gasteiger partial charge in [-0.25, -0.2) is 0 Å². The second-order valence-corrected chi connectivity index (χ2v) is 11.1. The van der Waals surface area contributed by atoms with Crippen LogP contribution in [0.1, 0.15) is 123 Å². The third-order valence-corrected chi connectivity index (χ3v) is 6.13. The average Bonchev–Trinajstić information content (AvgIpc) is 2.49. The van der Waals surface area contributed by atoms with Crippen LogP contribution < -0.4 is 0 Å². The fourth-order valence-electron chi connectivity index (χ4n) is 2.98. The molecule has 0 unspecified atom stereocenters. The number of hydrogen-bond acceptors (Lipinski definition) is 0. The van der Waals surface area contributed by atoms with Gasteiger partial charge in [-0.3, -0.25) is 0 Å². The maximum atomic E-state index is 3.90. The van der Waals surface area contributed by atoms with Gasteiger partial charge in [0.15, 0.2) is 0 Å². The predicted octanol–water partition coefficient (Wildman–Crippen LogP) is 9.14. The van der Waals surface area contributed by atoms with Crippen LogP contribution in [0.15, 0.2) is 0 Å². The van der Waals surface area contributed by atoms with Gasteiger partial charge in [-0.15, -0.1) is 0 Å². The van der Waals surface area contributed by atoms with E-state index in [2.05, 4.69) is 45.7 Å². The lowest BCUT2D eigenvalue weighted by molar-refractivity contribution is 0.525. The summed E-state index contributed by atoms with van der Waals surface area (Å²) in [4.78, 5) is 0. The van der Waals surface area contributed by atoms with Crippen molar-refractivity contribution in [1.29, 1.82) is 0 Å². The minimum atomic E-state index is 0.214. The zero-order valence-electron chi connectivity index (χ0n) is 15.3. The summed E-state index contributed by atoms with van der Waals surface area (Å²) >= 11 is 7.79. The molecule has 0 aromatic carbocycles. The Labute approximate surface area is 157 Å². The molecule has 0 fully saturated rings. The lowest BCUT2D eigenvalue weighted by Crippen LogP contribution is -2.10. The molecule has 0 rings (SSSR count). The molecule has 0 nitrogen and oxygen atoms in total. The summed E-state index contributed by atoms with van der Waals surface area (Å²) in [7, 11) is 0. The molecule has 134 valence electrons. The largest absolute Gasteiger partial charge is 0.0805 e. The first-order valence-corrected chi connectivity index (χ1v) is 11.6. The van der Waals surface area contributed by atoms with E-state index in [4.69, 9.17) is 0 Å². The smallest absolute Gasteiger partial charge is 0.0727 e. The topological polar surface area (TPSA) is 0 Å². The summed E-state index contributed by atoms with van der Waals surface area (Å²) in [5, 5.41) is 0. The third-order valence-electron chi connectivity index (χ3n) is 4.54. The molecular formula is C20H40Br2. The Morgan fingerprint density at radius 3 is 1.05 bits per heavy atom. The summed E-state index contributed by atoms with van der Waals surface area (Å²) in [6.45, 7) is 4.58. The van der Waals surface area contributed by atoms with E-state index in [1.54, 1.807) is 0 Å². The minimum absolute atomic E-state index is 0.214. The fraction of sp³-hybridized carbons (Fsp3) is 1.00. The minimum Gasteiger partial charge on any atom is -0.0727 e. The maximum absolute atomic E-state index is 3.90. The molecule has 0 saturated carbocycles. The van der Waals surface area contributed by atoms with E-state index in [0.29, 0.717) is 0 Å². The molecule has 0 bridgehead atoms. The van der Waals surface area contributed by atoms with Crippen molar-refractivity contribution in [3.8, 4) is 0 Å². The van der Waals surface area contributed by atoms with Crippen LogP contribution in [0.2, 0.25) is 0 Å². The van der Waals surface area contributed by atoms with E-state index in [0.717, 1.165) is 0 Å². The van der Waals surface area contributed by atoms with E-state index < -0.39 is 0 Å². The first kappa shape index (κ1) is 23.0. The summed E-state index contributed by atoms with van der Waals surface area (Å²) in [6, 6.07) is 0. The van der Waals surface area contributed by atoms with Crippen molar-refractivity contribution in [2.75, 3.05) is 0 Å². The molecule has 0 aliphatic rings. The van der Waals surface area contributed by atoms with Crippen molar-refractivity contribution in [3.63, 3.8) is 0 Å². The Morgan fingerprint density at radius 2 is 0.727 bits per heavy atom. The van der Waals surface area contributed by atoms with Gasteiger partial charge in [0.1, 0.15) is 0 Å². The molecule has 0 aromatic rings. The van der Waals surface area contributed by atoms with Gasteiger partial charge in [0, 0.05) is 0 Å². The SMILES string of the molecule is CCCCCCCCCCC(Br)(Br)CCCCCCCCC. The third kappa shape index (κ3) is 17.3. The molecule has 0 aliphatic heterocycles. The van der Waals surface area contributed by atoms with Gasteiger partial charge in [0.25, 0.3) is 0 Å². The van der Waals surface area contributed by atoms with Gasteiger partial charge in [-0.05, 0) is 12.8 Å². The second-order valence-electron chi connectivity index (χ2n) is 6.95. The van der Waals surface area contributed by atoms with Crippen molar-refractivity contribution in [2.45, 2.75) is 126 Å². The Balaban J connectivity index is 3.34. The van der Waals surface area contributed by atoms with Crippen LogP contribution in [0.5, 0.6) is 0 Å². The van der Waals surface area contributed by atoms with Crippen LogP contribution in [0.3, 0.4) is 0 Å². The average molecular weight is 440 g/mol. The fourth-order valence-corrected chi connectivity index (χ4v) is 4.10. The van der Waals surface area contributed by atoms with Crippen LogP contribution in [0.25, 0.3) is 0 Å². The summed E-state index contributed by atoms with van der Waals surface area (Å²) < 4.78 is 0.214. The first-order valence-electron chi connectivity index (χ1n) is 10.00. The Hall–Kier alpha value is 0.960. The monoisotopic (exact) mass is 438 g/mol. The van der Waals surface area contributed by atoms with Crippen LogP contribution >= 0.6 is 31.9 Å². The van der Waals surface area contributed by atoms with E-state index in [1.807, 2.05) is 0 Å². The quantitative estimate of drug-likeness (QED) is 0.156. The van der Waals surface area contributed by atoms with E-state index >= 15 is 0 Å². The molecule has 0 N–H and O–H groups in total. The number of alkyl halides is 2. The molecule has 0 heterocycles. The highest BCUT2D eigenvalue weighted by molar-refractivity contribution is 9.25. The number of halogens is 2. The molecule has 0 spiro atoms. The van der Waals surface area contributed by atoms with Crippen LogP contribution in [-0.4, -0.2) is 3.23 Å². The van der Waals surface area contributed by atoms with E-state index in [-0.39, 0.29) is 3.23 Å². The Morgan fingerprint density at radius 1 is 0.455 bits per heavy atom. The molecular weight excluding hydrogens is 400 g/mol. The summed E-state index contributed by atoms with van der Waals surface area (Å²) in [5.74, 6) is 0. The van der Waals surface area contributed by atoms with Crippen molar-refractivity contribution < 1.29 is 0 Å². The molecule has 0 radical (unpaired) electrons. The van der Waals surface area contributed by atoms with Crippen molar-refractivity contribution in [1.82, 2.24) is 0 Å². The van der Waals surface area contributed by atoms with Crippen LogP contribution in [0.4, 0.5) is 0 Å². The molecule has 0 aliphatic carbocycles. The van der Waals surface area contributed by atoms with Gasteiger partial charge in [-0.1, -0.05) is 142 Å². The van der Waals surface area contributed by atoms with Crippen molar-refractivity contribution in [2.24, 2.45) is 0 Å². The van der Waals surface area contributed by atoms with E-state index in [9.17, 15) is 0 Å². The van der Waals surface area contributed by atoms with Crippen molar-refractivity contribution >= 4 is 31.9 Å². The second kappa shape index (κ2) is 16.8. The molecule has 0 saturated heterocycles. The highest BCUT2D eigenvalue weighted by Crippen LogP contribution is 2.37. The zero-order chi connectivity index (χ0) is 16.5. The summed E-state index contributed by atoms with van der Waals surface area (Å²) in [5.41, 5.74) is 0. The maximum Gasteiger partial charge on any atom is 0.0805 e.